The van der Waals surface area contributed by atoms with E-state index < -0.39 is 0 Å². The summed E-state index contributed by atoms with van der Waals surface area (Å²) in [6, 6.07) is 5.47. The number of nitrogens with zero attached hydrogens (tertiary/aromatic N) is 2. The first-order valence-corrected chi connectivity index (χ1v) is 9.13. The number of carbonyl (C=O) groups is 1. The normalized spacial score (nSPS) is 12.1. The van der Waals surface area contributed by atoms with Gasteiger partial charge in [0, 0.05) is 11.4 Å². The molecule has 0 saturated heterocycles. The van der Waals surface area contributed by atoms with E-state index in [2.05, 4.69) is 15.5 Å². The monoisotopic (exact) mass is 340 g/mol. The molecule has 0 spiro atoms. The molecule has 0 aliphatic carbocycles. The molecule has 0 saturated carbocycles. The predicted octanol–water partition coefficient (Wildman–Crippen LogP) is 3.27. The second-order valence-corrected chi connectivity index (χ2v) is 7.98. The molecule has 1 amide bonds. The fourth-order valence-corrected chi connectivity index (χ4v) is 4.12. The molecule has 1 aromatic heterocycles. The number of hydrogen-bond donors (Lipinski definition) is 2. The van der Waals surface area contributed by atoms with E-state index in [0.717, 1.165) is 19.9 Å². The summed E-state index contributed by atoms with van der Waals surface area (Å²) in [6.45, 7) is 3.78. The number of aryl methyl sites for hydroxylation is 1. The van der Waals surface area contributed by atoms with Crippen LogP contribution in [-0.4, -0.2) is 27.6 Å². The van der Waals surface area contributed by atoms with Crippen LogP contribution in [0, 0.1) is 6.92 Å². The topological polar surface area (TPSA) is 80.9 Å². The fourth-order valence-electron chi connectivity index (χ4n) is 1.54. The van der Waals surface area contributed by atoms with Gasteiger partial charge in [-0.1, -0.05) is 40.9 Å². The van der Waals surface area contributed by atoms with Crippen LogP contribution in [-0.2, 0) is 4.79 Å². The zero-order valence-corrected chi connectivity index (χ0v) is 14.4. The van der Waals surface area contributed by atoms with Crippen molar-refractivity contribution in [2.24, 2.45) is 0 Å². The molecule has 1 unspecified atom stereocenters. The first-order chi connectivity index (χ1) is 9.99. The summed E-state index contributed by atoms with van der Waals surface area (Å²) in [6.07, 6.45) is 1.95. The van der Waals surface area contributed by atoms with E-state index in [1.54, 1.807) is 17.8 Å². The molecular weight excluding hydrogens is 324 g/mol. The Morgan fingerprint density at radius 2 is 2.10 bits per heavy atom. The van der Waals surface area contributed by atoms with Gasteiger partial charge in [-0.15, -0.1) is 10.2 Å². The number of nitrogens with two attached hydrogens (primary N) is 1. The van der Waals surface area contributed by atoms with Gasteiger partial charge >= 0.3 is 0 Å². The first kappa shape index (κ1) is 16.1. The molecule has 2 aromatic rings. The summed E-state index contributed by atoms with van der Waals surface area (Å²) >= 11 is 4.45. The molecule has 0 aliphatic heterocycles. The Morgan fingerprint density at radius 1 is 1.38 bits per heavy atom. The smallest absolute Gasteiger partial charge is 0.237 e. The molecule has 0 aliphatic rings. The molecule has 5 nitrogen and oxygen atoms in total. The minimum Gasteiger partial charge on any atom is -0.399 e. The van der Waals surface area contributed by atoms with Gasteiger partial charge in [-0.25, -0.2) is 0 Å². The lowest BCUT2D eigenvalue weighted by Gasteiger charge is -2.12. The summed E-state index contributed by atoms with van der Waals surface area (Å²) in [5.74, 6) is -0.0744. The van der Waals surface area contributed by atoms with E-state index >= 15 is 0 Å². The average molecular weight is 340 g/mol. The summed E-state index contributed by atoms with van der Waals surface area (Å²) in [7, 11) is 0. The molecule has 21 heavy (non-hydrogen) atoms. The van der Waals surface area contributed by atoms with E-state index in [0.29, 0.717) is 5.69 Å². The first-order valence-electron chi connectivity index (χ1n) is 6.20. The lowest BCUT2D eigenvalue weighted by atomic mass is 10.2. The fraction of sp³-hybridized carbons (Fsp3) is 0.308. The quantitative estimate of drug-likeness (QED) is 0.642. The van der Waals surface area contributed by atoms with Gasteiger partial charge in [0.2, 0.25) is 5.91 Å². The molecular formula is C13H16N4OS3. The molecule has 0 bridgehead atoms. The minimum atomic E-state index is -0.256. The van der Waals surface area contributed by atoms with Crippen LogP contribution in [0.15, 0.2) is 26.9 Å². The van der Waals surface area contributed by atoms with E-state index in [4.69, 9.17) is 5.73 Å². The van der Waals surface area contributed by atoms with Gasteiger partial charge in [0.25, 0.3) is 0 Å². The summed E-state index contributed by atoms with van der Waals surface area (Å²) in [4.78, 5) is 12.2. The minimum absolute atomic E-state index is 0.0744. The number of aromatic nitrogens is 2. The van der Waals surface area contributed by atoms with Crippen LogP contribution in [0.25, 0.3) is 0 Å². The van der Waals surface area contributed by atoms with Crippen molar-refractivity contribution in [3.8, 4) is 0 Å². The Balaban J connectivity index is 2.00. The highest BCUT2D eigenvalue weighted by Crippen LogP contribution is 2.30. The third kappa shape index (κ3) is 4.36. The van der Waals surface area contributed by atoms with Gasteiger partial charge in [-0.05, 0) is 37.8 Å². The number of thioether (sulfide) groups is 2. The van der Waals surface area contributed by atoms with Gasteiger partial charge in [-0.2, -0.15) is 0 Å². The number of nitrogen functional groups attached to an aromatic ring is 1. The van der Waals surface area contributed by atoms with E-state index in [1.165, 1.54) is 23.1 Å². The second kappa shape index (κ2) is 7.15. The van der Waals surface area contributed by atoms with Crippen molar-refractivity contribution in [2.45, 2.75) is 27.8 Å². The average Bonchev–Trinajstić information content (AvgIpc) is 2.90. The van der Waals surface area contributed by atoms with Gasteiger partial charge < -0.3 is 11.1 Å². The number of nitrogens with one attached hydrogen (secondary N) is 1. The Bertz CT molecular complexity index is 644. The number of anilines is 2. The number of benzene rings is 1. The predicted molar refractivity (Wildman–Crippen MR) is 91.2 cm³/mol. The molecule has 0 radical (unpaired) electrons. The van der Waals surface area contributed by atoms with Gasteiger partial charge in [0.15, 0.2) is 8.68 Å². The molecule has 0 fully saturated rings. The lowest BCUT2D eigenvalue weighted by molar-refractivity contribution is -0.115. The third-order valence-corrected chi connectivity index (χ3v) is 5.81. The number of amides is 1. The van der Waals surface area contributed by atoms with Crippen molar-refractivity contribution >= 4 is 52.1 Å². The summed E-state index contributed by atoms with van der Waals surface area (Å²) in [5, 5.41) is 10.7. The largest absolute Gasteiger partial charge is 0.399 e. The van der Waals surface area contributed by atoms with Crippen molar-refractivity contribution < 1.29 is 4.79 Å². The molecule has 3 N–H and O–H groups in total. The highest BCUT2D eigenvalue weighted by Gasteiger charge is 2.18. The van der Waals surface area contributed by atoms with Gasteiger partial charge in [-0.3, -0.25) is 4.79 Å². The SMILES string of the molecule is CSc1nnc(SC(C)C(=O)Nc2cc(N)ccc2C)s1. The number of carbonyl (C=O) groups excluding carboxylic acids is 1. The van der Waals surface area contributed by atoms with Crippen LogP contribution < -0.4 is 11.1 Å². The maximum absolute atomic E-state index is 12.2. The lowest BCUT2D eigenvalue weighted by Crippen LogP contribution is -2.22. The van der Waals surface area contributed by atoms with E-state index in [9.17, 15) is 4.79 Å². The zero-order chi connectivity index (χ0) is 15.4. The maximum atomic E-state index is 12.2. The molecule has 112 valence electrons. The van der Waals surface area contributed by atoms with Crippen molar-refractivity contribution in [3.05, 3.63) is 23.8 Å². The van der Waals surface area contributed by atoms with Crippen LogP contribution in [0.4, 0.5) is 11.4 Å². The Labute approximate surface area is 136 Å². The molecule has 1 heterocycles. The third-order valence-electron chi connectivity index (χ3n) is 2.73. The molecule has 8 heteroatoms. The molecule has 2 rings (SSSR count). The van der Waals surface area contributed by atoms with Gasteiger partial charge in [0.1, 0.15) is 0 Å². The molecule has 1 aromatic carbocycles. The highest BCUT2D eigenvalue weighted by molar-refractivity contribution is 8.03. The van der Waals surface area contributed by atoms with Crippen molar-refractivity contribution in [1.82, 2.24) is 10.2 Å². The van der Waals surface area contributed by atoms with Crippen LogP contribution in [0.3, 0.4) is 0 Å². The Hall–Kier alpha value is -1.25. The van der Waals surface area contributed by atoms with Crippen LogP contribution in [0.1, 0.15) is 12.5 Å². The van der Waals surface area contributed by atoms with Crippen LogP contribution >= 0.6 is 34.9 Å². The van der Waals surface area contributed by atoms with E-state index in [-0.39, 0.29) is 11.2 Å². The second-order valence-electron chi connectivity index (χ2n) is 4.36. The molecule has 1 atom stereocenters. The van der Waals surface area contributed by atoms with Crippen molar-refractivity contribution in [1.29, 1.82) is 0 Å². The van der Waals surface area contributed by atoms with E-state index in [1.807, 2.05) is 32.2 Å². The zero-order valence-electron chi connectivity index (χ0n) is 11.9. The Kier molecular flexibility index (Phi) is 5.49. The Morgan fingerprint density at radius 3 is 2.76 bits per heavy atom. The standard InChI is InChI=1S/C13H16N4OS3/c1-7-4-5-9(14)6-10(7)15-11(18)8(2)20-13-17-16-12(19-3)21-13/h4-6,8H,14H2,1-3H3,(H,15,18). The van der Waals surface area contributed by atoms with Crippen molar-refractivity contribution in [3.63, 3.8) is 0 Å². The summed E-state index contributed by atoms with van der Waals surface area (Å²) in [5.41, 5.74) is 8.10. The number of hydrogen-bond acceptors (Lipinski definition) is 7. The summed E-state index contributed by atoms with van der Waals surface area (Å²) < 4.78 is 1.70. The number of rotatable bonds is 5. The van der Waals surface area contributed by atoms with Crippen molar-refractivity contribution in [2.75, 3.05) is 17.3 Å². The van der Waals surface area contributed by atoms with Gasteiger partial charge in [0.05, 0.1) is 5.25 Å². The van der Waals surface area contributed by atoms with Crippen LogP contribution in [0.2, 0.25) is 0 Å². The highest BCUT2D eigenvalue weighted by atomic mass is 32.2. The van der Waals surface area contributed by atoms with Crippen LogP contribution in [0.5, 0.6) is 0 Å². The maximum Gasteiger partial charge on any atom is 0.237 e.